The summed E-state index contributed by atoms with van der Waals surface area (Å²) in [6.45, 7) is 0. The Kier molecular flexibility index (Phi) is 10.6. The standard InChI is InChI=1S/C94H52N8/c1-2-20-55(21-3-1)89-67-26-8-9-27-68(67)94(98-97-89)102-80-47-41-60-48-58(38-44-64(60)84(80)88-82(102)52-72-66-25-11-15-31-76(66)101-78-33-17-13-29-70(78)86(88)93(72)101)59-39-45-73-74(50-59)96-91(61-35-34-53-18-4-5-22-57(53)49-61)90(95-73)56-36-42-62(43-37-56)99-79-46-40-54-19-6-7-23-63(54)83(79)87-81(99)51-71-65-24-10-14-30-75(65)100-77-32-16-12-28-69(77)85(87)92(71)100/h1-52H. The van der Waals surface area contributed by atoms with Gasteiger partial charge in [0, 0.05) is 97.8 Å². The van der Waals surface area contributed by atoms with Crippen LogP contribution in [0.1, 0.15) is 0 Å². The molecule has 0 spiro atoms. The monoisotopic (exact) mass is 1290 g/mol. The zero-order chi connectivity index (χ0) is 66.2. The molecule has 0 aliphatic carbocycles. The summed E-state index contributed by atoms with van der Waals surface area (Å²) in [4.78, 5) is 11.3. The Labute approximate surface area is 580 Å². The topological polar surface area (TPSA) is 70.2 Å². The largest absolute Gasteiger partial charge is 0.309 e. The van der Waals surface area contributed by atoms with E-state index in [0.717, 1.165) is 105 Å². The zero-order valence-electron chi connectivity index (χ0n) is 54.6. The number of para-hydroxylation sites is 4. The normalized spacial score (nSPS) is 12.5. The molecular weight excluding hydrogens is 1240 g/mol. The van der Waals surface area contributed by atoms with Gasteiger partial charge in [0.1, 0.15) is 5.69 Å². The van der Waals surface area contributed by atoms with Crippen LogP contribution >= 0.6 is 0 Å². The van der Waals surface area contributed by atoms with E-state index >= 15 is 0 Å². The Morgan fingerprint density at radius 1 is 0.206 bits per heavy atom. The van der Waals surface area contributed by atoms with Crippen LogP contribution in [0.5, 0.6) is 0 Å². The van der Waals surface area contributed by atoms with E-state index in [1.807, 2.05) is 6.07 Å². The van der Waals surface area contributed by atoms with Crippen LogP contribution in [0.4, 0.5) is 0 Å². The van der Waals surface area contributed by atoms with Crippen LogP contribution in [0.3, 0.4) is 0 Å². The molecule has 0 fully saturated rings. The van der Waals surface area contributed by atoms with Gasteiger partial charge in [0.2, 0.25) is 0 Å². The number of benzene rings is 16. The van der Waals surface area contributed by atoms with Gasteiger partial charge in [-0.05, 0) is 128 Å². The molecule has 0 amide bonds. The zero-order valence-corrected chi connectivity index (χ0v) is 54.6. The quantitative estimate of drug-likeness (QED) is 0.166. The van der Waals surface area contributed by atoms with Crippen molar-refractivity contribution >= 4 is 174 Å². The van der Waals surface area contributed by atoms with Crippen molar-refractivity contribution < 1.29 is 0 Å². The summed E-state index contributed by atoms with van der Waals surface area (Å²) in [5, 5.41) is 34.4. The maximum Gasteiger partial charge on any atom is 0.168 e. The lowest BCUT2D eigenvalue weighted by atomic mass is 9.96. The van der Waals surface area contributed by atoms with Gasteiger partial charge in [-0.2, -0.15) is 0 Å². The Morgan fingerprint density at radius 3 is 1.35 bits per heavy atom. The predicted octanol–water partition coefficient (Wildman–Crippen LogP) is 24.2. The van der Waals surface area contributed by atoms with Crippen LogP contribution < -0.4 is 0 Å². The molecule has 0 unspecified atom stereocenters. The lowest BCUT2D eigenvalue weighted by Crippen LogP contribution is -2.02. The van der Waals surface area contributed by atoms with Crippen molar-refractivity contribution in [3.8, 4) is 56.4 Å². The van der Waals surface area contributed by atoms with E-state index in [9.17, 15) is 0 Å². The summed E-state index contributed by atoms with van der Waals surface area (Å²) in [5.41, 5.74) is 22.3. The Hall–Kier alpha value is -13.8. The molecule has 0 aliphatic rings. The fraction of sp³-hybridized carbons (Fsp3) is 0. The average molecular weight is 1290 g/mol. The Bertz CT molecular complexity index is 7810. The molecule has 16 aromatic carbocycles. The molecule has 0 radical (unpaired) electrons. The van der Waals surface area contributed by atoms with E-state index in [0.29, 0.717) is 0 Å². The first-order valence-corrected chi connectivity index (χ1v) is 34.9. The smallest absolute Gasteiger partial charge is 0.168 e. The van der Waals surface area contributed by atoms with Gasteiger partial charge in [0.25, 0.3) is 0 Å². The SMILES string of the molecule is c1ccc(-c2nnc(-n3c4ccc5cc(-c6ccc7nc(-c8ccc(-n9c%10ccc%11ccccc%11c%10c%10c%11c%12ccccc%12n%12c%13ccccc%13c(cc%109)c%11%12)cc8)c(-c8ccc9ccccc9c8)nc7c6)ccc5c4c4c5c6ccccc6n6c7ccccc7c(cc43)c56)c3ccccc23)cc1. The first-order chi connectivity index (χ1) is 50.6. The van der Waals surface area contributed by atoms with Gasteiger partial charge in [-0.15, -0.1) is 10.2 Å². The van der Waals surface area contributed by atoms with Crippen LogP contribution in [0, 0.1) is 0 Å². The third-order valence-corrected chi connectivity index (χ3v) is 22.4. The fourth-order valence-corrected chi connectivity index (χ4v) is 18.1. The maximum absolute atomic E-state index is 5.70. The second-order valence-corrected chi connectivity index (χ2v) is 27.6. The van der Waals surface area contributed by atoms with Crippen LogP contribution in [0.2, 0.25) is 0 Å². The van der Waals surface area contributed by atoms with Gasteiger partial charge in [-0.1, -0.05) is 231 Å². The highest BCUT2D eigenvalue weighted by molar-refractivity contribution is 6.40. The number of rotatable bonds is 6. The summed E-state index contributed by atoms with van der Waals surface area (Å²) in [7, 11) is 0. The number of hydrogen-bond donors (Lipinski definition) is 0. The van der Waals surface area contributed by atoms with Gasteiger partial charge in [-0.3, -0.25) is 4.57 Å². The Balaban J connectivity index is 0.689. The highest BCUT2D eigenvalue weighted by Crippen LogP contribution is 2.52. The van der Waals surface area contributed by atoms with Gasteiger partial charge < -0.3 is 13.4 Å². The first kappa shape index (κ1) is 54.2. The van der Waals surface area contributed by atoms with Crippen molar-refractivity contribution in [3.63, 3.8) is 0 Å². The highest BCUT2D eigenvalue weighted by atomic mass is 15.2. The van der Waals surface area contributed by atoms with Crippen LogP contribution in [0.25, 0.3) is 230 Å². The number of nitrogens with zero attached hydrogens (tertiary/aromatic N) is 8. The minimum atomic E-state index is 0.795. The molecule has 8 nitrogen and oxygen atoms in total. The molecule has 0 bridgehead atoms. The number of hydrogen-bond acceptors (Lipinski definition) is 4. The molecular formula is C94H52N8. The first-order valence-electron chi connectivity index (χ1n) is 34.9. The molecule has 0 saturated carbocycles. The van der Waals surface area contributed by atoms with Gasteiger partial charge >= 0.3 is 0 Å². The molecule has 0 aliphatic heterocycles. The van der Waals surface area contributed by atoms with E-state index < -0.39 is 0 Å². The molecule has 24 rings (SSSR count). The molecule has 0 N–H and O–H groups in total. The van der Waals surface area contributed by atoms with Crippen molar-refractivity contribution in [2.45, 2.75) is 0 Å². The molecule has 468 valence electrons. The third-order valence-electron chi connectivity index (χ3n) is 22.4. The minimum absolute atomic E-state index is 0.795. The molecule has 8 heteroatoms. The van der Waals surface area contributed by atoms with E-state index in [1.165, 1.54) is 125 Å². The number of aromatic nitrogens is 8. The fourth-order valence-electron chi connectivity index (χ4n) is 18.1. The van der Waals surface area contributed by atoms with Crippen molar-refractivity contribution in [2.24, 2.45) is 0 Å². The summed E-state index contributed by atoms with van der Waals surface area (Å²) >= 11 is 0. The second kappa shape index (κ2) is 19.9. The molecule has 24 aromatic rings. The number of fused-ring (bicyclic) bond motifs is 27. The maximum atomic E-state index is 5.70. The average Bonchev–Trinajstić information content (AvgIpc) is 1.52. The molecule has 8 aromatic heterocycles. The minimum Gasteiger partial charge on any atom is -0.309 e. The van der Waals surface area contributed by atoms with E-state index in [-0.39, 0.29) is 0 Å². The van der Waals surface area contributed by atoms with Crippen molar-refractivity contribution in [1.82, 2.24) is 38.1 Å². The summed E-state index contributed by atoms with van der Waals surface area (Å²) < 4.78 is 9.86. The molecule has 0 saturated heterocycles. The van der Waals surface area contributed by atoms with Gasteiger partial charge in [0.15, 0.2) is 5.82 Å². The lowest BCUT2D eigenvalue weighted by molar-refractivity contribution is 0.977. The van der Waals surface area contributed by atoms with Crippen LogP contribution in [0.15, 0.2) is 315 Å². The van der Waals surface area contributed by atoms with E-state index in [2.05, 4.69) is 327 Å². The van der Waals surface area contributed by atoms with E-state index in [4.69, 9.17) is 20.2 Å². The predicted molar refractivity (Wildman–Crippen MR) is 425 cm³/mol. The molecule has 8 heterocycles. The van der Waals surface area contributed by atoms with Crippen molar-refractivity contribution in [3.05, 3.63) is 315 Å². The molecule has 0 atom stereocenters. The summed E-state index contributed by atoms with van der Waals surface area (Å²) in [6, 6.07) is 115. The third kappa shape index (κ3) is 7.18. The van der Waals surface area contributed by atoms with Crippen LogP contribution in [-0.2, 0) is 0 Å². The van der Waals surface area contributed by atoms with Gasteiger partial charge in [-0.25, -0.2) is 9.97 Å². The van der Waals surface area contributed by atoms with Crippen molar-refractivity contribution in [1.29, 1.82) is 0 Å². The Morgan fingerprint density at radius 2 is 0.667 bits per heavy atom. The van der Waals surface area contributed by atoms with Gasteiger partial charge in [0.05, 0.1) is 77.6 Å². The lowest BCUT2D eigenvalue weighted by Gasteiger charge is -2.14. The molecule has 102 heavy (non-hydrogen) atoms. The summed E-state index contributed by atoms with van der Waals surface area (Å²) in [5.74, 6) is 0.795. The van der Waals surface area contributed by atoms with Crippen LogP contribution in [-0.4, -0.2) is 38.1 Å². The second-order valence-electron chi connectivity index (χ2n) is 27.6. The van der Waals surface area contributed by atoms with E-state index in [1.54, 1.807) is 0 Å². The summed E-state index contributed by atoms with van der Waals surface area (Å²) in [6.07, 6.45) is 0. The highest BCUT2D eigenvalue weighted by Gasteiger charge is 2.29. The van der Waals surface area contributed by atoms with Crippen molar-refractivity contribution in [2.75, 3.05) is 0 Å².